The Morgan fingerprint density at radius 2 is 1.75 bits per heavy atom. The Hall–Kier alpha value is -4.29. The third-order valence-electron chi connectivity index (χ3n) is 12.7. The molecule has 17 heteroatoms. The molecule has 3 aliphatic heterocycles. The number of alkyl halides is 1. The average molecular weight is 843 g/mol. The number of aromatic nitrogens is 3. The molecule has 1 aromatic heterocycles. The van der Waals surface area contributed by atoms with Crippen LogP contribution in [0.15, 0.2) is 42.6 Å². The first-order valence-corrected chi connectivity index (χ1v) is 20.7. The van der Waals surface area contributed by atoms with Crippen LogP contribution in [-0.2, 0) is 44.6 Å². The van der Waals surface area contributed by atoms with Crippen molar-refractivity contribution in [1.82, 2.24) is 24.8 Å². The van der Waals surface area contributed by atoms with Crippen molar-refractivity contribution >= 4 is 29.3 Å². The Balaban J connectivity index is 1.48. The van der Waals surface area contributed by atoms with E-state index in [2.05, 4.69) is 10.3 Å². The van der Waals surface area contributed by atoms with Crippen molar-refractivity contribution in [3.63, 3.8) is 0 Å². The molecule has 0 bridgehead atoms. The maximum Gasteiger partial charge on any atom is 0.411 e. The molecule has 5 rings (SSSR count). The van der Waals surface area contributed by atoms with E-state index in [4.69, 9.17) is 29.4 Å². The van der Waals surface area contributed by atoms with Gasteiger partial charge >= 0.3 is 12.1 Å². The quantitative estimate of drug-likeness (QED) is 0.148. The summed E-state index contributed by atoms with van der Waals surface area (Å²) in [5, 5.41) is 19.8. The summed E-state index contributed by atoms with van der Waals surface area (Å²) in [6, 6.07) is 5.91. The van der Waals surface area contributed by atoms with E-state index in [-0.39, 0.29) is 37.3 Å². The highest BCUT2D eigenvalue weighted by molar-refractivity contribution is 6.08. The highest BCUT2D eigenvalue weighted by Crippen LogP contribution is 2.43. The van der Waals surface area contributed by atoms with Crippen molar-refractivity contribution < 1.29 is 52.4 Å². The van der Waals surface area contributed by atoms with Crippen LogP contribution in [0.4, 0.5) is 14.9 Å². The number of esters is 1. The maximum absolute atomic E-state index is 16.9. The lowest BCUT2D eigenvalue weighted by Crippen LogP contribution is -2.61. The molecule has 1 aromatic carbocycles. The van der Waals surface area contributed by atoms with Gasteiger partial charge in [-0.1, -0.05) is 57.2 Å². The number of nitrogens with two attached hydrogens (primary N) is 1. The number of anilines is 1. The zero-order chi connectivity index (χ0) is 44.5. The Labute approximate surface area is 351 Å². The number of methoxy groups -OCH3 is 1. The van der Waals surface area contributed by atoms with Gasteiger partial charge in [-0.2, -0.15) is 0 Å². The number of benzene rings is 1. The highest BCUT2D eigenvalue weighted by atomic mass is 19.1. The second-order valence-electron chi connectivity index (χ2n) is 17.5. The van der Waals surface area contributed by atoms with Crippen molar-refractivity contribution in [2.75, 3.05) is 33.5 Å². The molecule has 4 heterocycles. The summed E-state index contributed by atoms with van der Waals surface area (Å²) in [7, 11) is 5.02. The summed E-state index contributed by atoms with van der Waals surface area (Å²) in [5.74, 6) is -5.96. The van der Waals surface area contributed by atoms with Gasteiger partial charge in [0, 0.05) is 48.7 Å². The second kappa shape index (κ2) is 18.4. The monoisotopic (exact) mass is 842 g/mol. The Kier molecular flexibility index (Phi) is 14.3. The van der Waals surface area contributed by atoms with E-state index >= 15 is 4.39 Å². The summed E-state index contributed by atoms with van der Waals surface area (Å²) in [6.45, 7) is 12.7. The molecule has 13 atom stereocenters. The van der Waals surface area contributed by atoms with Crippen LogP contribution >= 0.6 is 0 Å². The number of likely N-dealkylation sites (N-methyl/N-ethyl adjacent to an activating group) is 1. The zero-order valence-corrected chi connectivity index (χ0v) is 36.7. The third kappa shape index (κ3) is 9.29. The fourth-order valence-electron chi connectivity index (χ4n) is 9.26. The van der Waals surface area contributed by atoms with Gasteiger partial charge in [-0.15, -0.1) is 5.10 Å². The summed E-state index contributed by atoms with van der Waals surface area (Å²) in [4.78, 5) is 59.9. The molecule has 60 heavy (non-hydrogen) atoms. The number of nitrogen functional groups attached to an aromatic ring is 1. The van der Waals surface area contributed by atoms with E-state index in [1.165, 1.54) is 18.9 Å². The van der Waals surface area contributed by atoms with Crippen molar-refractivity contribution in [2.24, 2.45) is 17.8 Å². The molecule has 332 valence electrons. The van der Waals surface area contributed by atoms with Crippen LogP contribution in [-0.4, -0.2) is 141 Å². The topological polar surface area (TPSA) is 198 Å². The molecule has 0 saturated carbocycles. The third-order valence-corrected chi connectivity index (χ3v) is 12.7. The fourth-order valence-corrected chi connectivity index (χ4v) is 9.26. The van der Waals surface area contributed by atoms with Crippen LogP contribution in [0.5, 0.6) is 0 Å². The van der Waals surface area contributed by atoms with Gasteiger partial charge in [-0.05, 0) is 73.2 Å². The van der Waals surface area contributed by atoms with Gasteiger partial charge in [0.05, 0.1) is 36.6 Å². The number of amides is 1. The van der Waals surface area contributed by atoms with Crippen molar-refractivity contribution in [3.8, 4) is 11.3 Å². The predicted octanol–water partition coefficient (Wildman–Crippen LogP) is 4.38. The number of aliphatic hydroxyl groups excluding tert-OH is 1. The lowest BCUT2D eigenvalue weighted by molar-refractivity contribution is -0.295. The highest BCUT2D eigenvalue weighted by Gasteiger charge is 2.61. The van der Waals surface area contributed by atoms with Gasteiger partial charge in [-0.25, -0.2) is 18.7 Å². The van der Waals surface area contributed by atoms with Crippen LogP contribution < -0.4 is 5.73 Å². The molecule has 3 fully saturated rings. The molecule has 3 saturated heterocycles. The van der Waals surface area contributed by atoms with Crippen LogP contribution in [0, 0.1) is 17.8 Å². The minimum absolute atomic E-state index is 0.00481. The molecule has 3 aliphatic rings. The normalized spacial score (nSPS) is 37.3. The number of nitrogens with zero attached hydrogens (tertiary/aromatic N) is 5. The Morgan fingerprint density at radius 3 is 2.38 bits per heavy atom. The molecule has 16 nitrogen and oxygen atoms in total. The first-order valence-electron chi connectivity index (χ1n) is 20.7. The number of carbonyl (C=O) groups is 4. The lowest BCUT2D eigenvalue weighted by atomic mass is 9.73. The average Bonchev–Trinajstić information content (AvgIpc) is 3.78. The number of allylic oxidation sites excluding steroid dienone is 1. The van der Waals surface area contributed by atoms with Gasteiger partial charge in [-0.3, -0.25) is 14.5 Å². The number of Topliss-reactive ketones (excluding diaryl/α,β-unsaturated/α-hetero) is 2. The largest absolute Gasteiger partial charge is 0.455 e. The summed E-state index contributed by atoms with van der Waals surface area (Å²) in [5.41, 5.74) is 1.66. The molecule has 0 radical (unpaired) electrons. The van der Waals surface area contributed by atoms with Crippen molar-refractivity contribution in [2.45, 2.75) is 141 Å². The molecule has 1 amide bonds. The number of rotatable bonds is 10. The zero-order valence-electron chi connectivity index (χ0n) is 36.7. The fraction of sp³-hybridized carbons (Fsp3) is 0.674. The number of ether oxygens (including phenoxy) is 5. The molecule has 3 unspecified atom stereocenters. The van der Waals surface area contributed by atoms with Crippen LogP contribution in [0.1, 0.15) is 74.7 Å². The molecule has 0 spiro atoms. The number of cyclic esters (lactones) is 1. The van der Waals surface area contributed by atoms with Gasteiger partial charge in [0.25, 0.3) is 5.67 Å². The standard InChI is InChI=1S/C43H63FN6O10/c1-12-32-43(8)35(50(40(55)60-43)19-14-13-18-49-23-30(46-47-49)28-16-15-17-29(45)21-28)26(4)33(51)24(2)22-41(6,56-11)37(27(5)36(53)42(7,44)39(54)58-32)59-38-34(52)31(48(9)10)20-25(3)57-38/h13-17,21,23-27,31-32,34-35,37-38,52H,12,18-20,22,45H2,1-11H3/b14-13+/t24-,25?,26+,27+,31?,32-,34?,35-,37-,38+,41-,42+,43-/m1/s1. The first kappa shape index (κ1) is 46.8. The van der Waals surface area contributed by atoms with Crippen LogP contribution in [0.3, 0.4) is 0 Å². The van der Waals surface area contributed by atoms with Crippen molar-refractivity contribution in [3.05, 3.63) is 42.6 Å². The maximum atomic E-state index is 16.9. The molecule has 0 aliphatic carbocycles. The predicted molar refractivity (Wildman–Crippen MR) is 219 cm³/mol. The molecule has 2 aromatic rings. The molecular formula is C43H63FN6O10. The van der Waals surface area contributed by atoms with Crippen LogP contribution in [0.25, 0.3) is 11.3 Å². The first-order chi connectivity index (χ1) is 28.1. The number of carbonyl (C=O) groups excluding carboxylic acids is 4. The number of fused-ring (bicyclic) bond motifs is 1. The van der Waals surface area contributed by atoms with Crippen LogP contribution in [0.2, 0.25) is 0 Å². The van der Waals surface area contributed by atoms with E-state index in [1.54, 1.807) is 69.8 Å². The second-order valence-corrected chi connectivity index (χ2v) is 17.5. The Morgan fingerprint density at radius 1 is 1.07 bits per heavy atom. The lowest BCUT2D eigenvalue weighted by Gasteiger charge is -2.47. The minimum atomic E-state index is -3.20. The van der Waals surface area contributed by atoms with Gasteiger partial charge < -0.3 is 39.4 Å². The smallest absolute Gasteiger partial charge is 0.411 e. The number of aliphatic hydroxyl groups is 1. The van der Waals surface area contributed by atoms with Gasteiger partial charge in [0.1, 0.15) is 23.7 Å². The summed E-state index contributed by atoms with van der Waals surface area (Å²) < 4.78 is 49.0. The van der Waals surface area contributed by atoms with E-state index in [0.717, 1.165) is 12.5 Å². The Bertz CT molecular complexity index is 1910. The number of halogens is 1. The van der Waals surface area contributed by atoms with Gasteiger partial charge in [0.2, 0.25) is 0 Å². The van der Waals surface area contributed by atoms with Crippen molar-refractivity contribution in [1.29, 1.82) is 0 Å². The molecule has 3 N–H and O–H groups in total. The van der Waals surface area contributed by atoms with Gasteiger partial charge in [0.15, 0.2) is 17.7 Å². The number of hydrogen-bond donors (Lipinski definition) is 2. The minimum Gasteiger partial charge on any atom is -0.455 e. The van der Waals surface area contributed by atoms with E-state index in [0.29, 0.717) is 24.3 Å². The van der Waals surface area contributed by atoms with E-state index in [1.807, 2.05) is 38.1 Å². The SMILES string of the molecule is CC[C@H]1OC(=O)[C@@](C)(F)C(=O)[C@H](C)[C@@H](O[C@@H]2OC(C)CC(N(C)C)C2O)[C@](C)(OC)C[C@@H](C)C(=O)[C@H](C)[C@H]2N(C/C=C/Cn3cc(-c4cccc(N)c4)nn3)C(=O)O[C@]12C. The summed E-state index contributed by atoms with van der Waals surface area (Å²) >= 11 is 0. The number of ketones is 2. The number of hydrogen-bond acceptors (Lipinski definition) is 14. The van der Waals surface area contributed by atoms with E-state index < -0.39 is 83.1 Å². The van der Waals surface area contributed by atoms with E-state index in [9.17, 15) is 24.3 Å². The summed E-state index contributed by atoms with van der Waals surface area (Å²) in [6.07, 6.45) is -0.305. The molecular weight excluding hydrogens is 780 g/mol.